The number of halogens is 4. The van der Waals surface area contributed by atoms with Crippen LogP contribution in [-0.4, -0.2) is 15.5 Å². The molecule has 9 heteroatoms. The standard InChI is InChI=1S/C14H11ClF3NO3S/c1-22-12-3-2-9(15)6-13(12)23(20,21)19-7-8-4-10(16)14(18)11(17)5-8/h2-6,19H,7H2,1H3. The number of methoxy groups -OCH3 is 1. The van der Waals surface area contributed by atoms with Crippen molar-refractivity contribution in [2.75, 3.05) is 7.11 Å². The lowest BCUT2D eigenvalue weighted by atomic mass is 10.2. The summed E-state index contributed by atoms with van der Waals surface area (Å²) in [5, 5.41) is 0.171. The van der Waals surface area contributed by atoms with Crippen LogP contribution in [0.25, 0.3) is 0 Å². The van der Waals surface area contributed by atoms with Crippen LogP contribution in [0.2, 0.25) is 5.02 Å². The average Bonchev–Trinajstić information content (AvgIpc) is 2.50. The fourth-order valence-electron chi connectivity index (χ4n) is 1.83. The van der Waals surface area contributed by atoms with Gasteiger partial charge in [0.05, 0.1) is 7.11 Å². The van der Waals surface area contributed by atoms with E-state index in [-0.39, 0.29) is 21.2 Å². The van der Waals surface area contributed by atoms with Gasteiger partial charge in [-0.15, -0.1) is 0 Å². The maximum Gasteiger partial charge on any atom is 0.244 e. The SMILES string of the molecule is COc1ccc(Cl)cc1S(=O)(=O)NCc1cc(F)c(F)c(F)c1. The summed E-state index contributed by atoms with van der Waals surface area (Å²) in [4.78, 5) is -0.226. The molecular formula is C14H11ClF3NO3S. The monoisotopic (exact) mass is 365 g/mol. The van der Waals surface area contributed by atoms with E-state index in [0.717, 1.165) is 0 Å². The molecule has 1 N–H and O–H groups in total. The van der Waals surface area contributed by atoms with E-state index in [1.54, 1.807) is 0 Å². The van der Waals surface area contributed by atoms with E-state index in [0.29, 0.717) is 12.1 Å². The van der Waals surface area contributed by atoms with E-state index in [9.17, 15) is 21.6 Å². The highest BCUT2D eigenvalue weighted by atomic mass is 35.5. The van der Waals surface area contributed by atoms with Crippen molar-refractivity contribution in [2.45, 2.75) is 11.4 Å². The highest BCUT2D eigenvalue weighted by molar-refractivity contribution is 7.89. The van der Waals surface area contributed by atoms with Gasteiger partial charge in [0.1, 0.15) is 10.6 Å². The number of hydrogen-bond donors (Lipinski definition) is 1. The number of hydrogen-bond acceptors (Lipinski definition) is 3. The first-order valence-electron chi connectivity index (χ1n) is 6.21. The highest BCUT2D eigenvalue weighted by Gasteiger charge is 2.20. The predicted octanol–water partition coefficient (Wildman–Crippen LogP) is 3.24. The Morgan fingerprint density at radius 3 is 2.30 bits per heavy atom. The second-order valence-electron chi connectivity index (χ2n) is 4.49. The fourth-order valence-corrected chi connectivity index (χ4v) is 3.27. The van der Waals surface area contributed by atoms with E-state index in [1.807, 2.05) is 0 Å². The van der Waals surface area contributed by atoms with Crippen LogP contribution in [0, 0.1) is 17.5 Å². The zero-order valence-corrected chi connectivity index (χ0v) is 13.3. The number of rotatable bonds is 5. The minimum absolute atomic E-state index is 0.0540. The maximum atomic E-state index is 13.1. The minimum Gasteiger partial charge on any atom is -0.495 e. The number of ether oxygens (including phenoxy) is 1. The highest BCUT2D eigenvalue weighted by Crippen LogP contribution is 2.27. The summed E-state index contributed by atoms with van der Waals surface area (Å²) in [5.41, 5.74) is -0.0778. The van der Waals surface area contributed by atoms with Gasteiger partial charge in [-0.25, -0.2) is 26.3 Å². The molecular weight excluding hydrogens is 355 g/mol. The van der Waals surface area contributed by atoms with Crippen molar-refractivity contribution in [3.63, 3.8) is 0 Å². The van der Waals surface area contributed by atoms with E-state index in [1.165, 1.54) is 25.3 Å². The quantitative estimate of drug-likeness (QED) is 0.828. The zero-order valence-electron chi connectivity index (χ0n) is 11.7. The fraction of sp³-hybridized carbons (Fsp3) is 0.143. The van der Waals surface area contributed by atoms with Gasteiger partial charge in [-0.3, -0.25) is 0 Å². The summed E-state index contributed by atoms with van der Waals surface area (Å²) in [7, 11) is -2.77. The molecule has 0 heterocycles. The Bertz CT molecular complexity index is 820. The van der Waals surface area contributed by atoms with Gasteiger partial charge in [0, 0.05) is 11.6 Å². The van der Waals surface area contributed by atoms with Crippen LogP contribution in [0.1, 0.15) is 5.56 Å². The third kappa shape index (κ3) is 3.95. The first-order chi connectivity index (χ1) is 10.7. The van der Waals surface area contributed by atoms with Crippen molar-refractivity contribution in [3.8, 4) is 5.75 Å². The molecule has 0 unspecified atom stereocenters. The molecule has 2 aromatic rings. The average molecular weight is 366 g/mol. The summed E-state index contributed by atoms with van der Waals surface area (Å²) in [6, 6.07) is 5.40. The lowest BCUT2D eigenvalue weighted by molar-refractivity contribution is 0.402. The Kier molecular flexibility index (Phi) is 5.18. The van der Waals surface area contributed by atoms with Crippen molar-refractivity contribution in [1.29, 1.82) is 0 Å². The van der Waals surface area contributed by atoms with E-state index < -0.39 is 34.0 Å². The zero-order chi connectivity index (χ0) is 17.2. The van der Waals surface area contributed by atoms with E-state index in [4.69, 9.17) is 16.3 Å². The number of nitrogens with one attached hydrogen (secondary N) is 1. The van der Waals surface area contributed by atoms with Gasteiger partial charge in [-0.05, 0) is 35.9 Å². The molecule has 2 aromatic carbocycles. The molecule has 0 aliphatic heterocycles. The molecule has 4 nitrogen and oxygen atoms in total. The smallest absolute Gasteiger partial charge is 0.244 e. The lowest BCUT2D eigenvalue weighted by Gasteiger charge is -2.11. The predicted molar refractivity (Wildman–Crippen MR) is 78.3 cm³/mol. The molecule has 0 atom stereocenters. The molecule has 0 amide bonds. The third-order valence-electron chi connectivity index (χ3n) is 2.93. The molecule has 0 fully saturated rings. The van der Waals surface area contributed by atoms with Crippen LogP contribution in [0.15, 0.2) is 35.2 Å². The topological polar surface area (TPSA) is 55.4 Å². The number of benzene rings is 2. The summed E-state index contributed by atoms with van der Waals surface area (Å²) in [6.45, 7) is -0.438. The largest absolute Gasteiger partial charge is 0.495 e. The van der Waals surface area contributed by atoms with Crippen molar-refractivity contribution in [1.82, 2.24) is 4.72 Å². The van der Waals surface area contributed by atoms with Gasteiger partial charge < -0.3 is 4.74 Å². The van der Waals surface area contributed by atoms with Crippen molar-refractivity contribution < 1.29 is 26.3 Å². The summed E-state index contributed by atoms with van der Waals surface area (Å²) < 4.78 is 70.7. The Labute approximate surface area is 135 Å². The Morgan fingerprint density at radius 1 is 1.13 bits per heavy atom. The first-order valence-corrected chi connectivity index (χ1v) is 8.07. The van der Waals surface area contributed by atoms with Crippen molar-refractivity contribution in [2.24, 2.45) is 0 Å². The van der Waals surface area contributed by atoms with Crippen LogP contribution >= 0.6 is 11.6 Å². The molecule has 0 aliphatic rings. The van der Waals surface area contributed by atoms with Gasteiger partial charge in [0.15, 0.2) is 17.5 Å². The molecule has 0 aliphatic carbocycles. The first kappa shape index (κ1) is 17.6. The van der Waals surface area contributed by atoms with Gasteiger partial charge in [0.2, 0.25) is 10.0 Å². The van der Waals surface area contributed by atoms with Crippen molar-refractivity contribution in [3.05, 3.63) is 58.4 Å². The second-order valence-corrected chi connectivity index (χ2v) is 6.66. The summed E-state index contributed by atoms with van der Waals surface area (Å²) >= 11 is 5.77. The van der Waals surface area contributed by atoms with Crippen LogP contribution in [0.5, 0.6) is 5.75 Å². The summed E-state index contributed by atoms with van der Waals surface area (Å²) in [5.74, 6) is -4.37. The van der Waals surface area contributed by atoms with Gasteiger partial charge >= 0.3 is 0 Å². The molecule has 0 saturated heterocycles. The van der Waals surface area contributed by atoms with Crippen LogP contribution < -0.4 is 9.46 Å². The molecule has 0 spiro atoms. The van der Waals surface area contributed by atoms with E-state index >= 15 is 0 Å². The van der Waals surface area contributed by atoms with Crippen molar-refractivity contribution >= 4 is 21.6 Å². The summed E-state index contributed by atoms with van der Waals surface area (Å²) in [6.07, 6.45) is 0. The van der Waals surface area contributed by atoms with Crippen LogP contribution in [0.4, 0.5) is 13.2 Å². The molecule has 0 aromatic heterocycles. The molecule has 23 heavy (non-hydrogen) atoms. The lowest BCUT2D eigenvalue weighted by Crippen LogP contribution is -2.24. The minimum atomic E-state index is -4.06. The molecule has 2 rings (SSSR count). The normalized spacial score (nSPS) is 11.5. The van der Waals surface area contributed by atoms with Gasteiger partial charge in [-0.1, -0.05) is 11.6 Å². The maximum absolute atomic E-state index is 13.1. The van der Waals surface area contributed by atoms with Crippen LogP contribution in [0.3, 0.4) is 0 Å². The second kappa shape index (κ2) is 6.77. The third-order valence-corrected chi connectivity index (χ3v) is 4.58. The molecule has 0 bridgehead atoms. The molecule has 0 saturated carbocycles. The van der Waals surface area contributed by atoms with E-state index in [2.05, 4.69) is 4.72 Å². The molecule has 124 valence electrons. The Hall–Kier alpha value is -1.77. The van der Waals surface area contributed by atoms with Crippen LogP contribution in [-0.2, 0) is 16.6 Å². The Balaban J connectivity index is 2.28. The number of sulfonamides is 1. The molecule has 0 radical (unpaired) electrons. The Morgan fingerprint density at radius 2 is 1.74 bits per heavy atom. The van der Waals surface area contributed by atoms with Gasteiger partial charge in [0.25, 0.3) is 0 Å². The van der Waals surface area contributed by atoms with Gasteiger partial charge in [-0.2, -0.15) is 0 Å².